The van der Waals surface area contributed by atoms with Crippen LogP contribution in [0.25, 0.3) is 0 Å². The lowest BCUT2D eigenvalue weighted by atomic mass is 10.2. The lowest BCUT2D eigenvalue weighted by Gasteiger charge is -2.11. The van der Waals surface area contributed by atoms with Gasteiger partial charge in [0.25, 0.3) is 0 Å². The zero-order chi connectivity index (χ0) is 13.3. The molecule has 0 saturated carbocycles. The number of hydrogen-bond donors (Lipinski definition) is 2. The topological polar surface area (TPSA) is 38.0 Å². The molecule has 0 aliphatic heterocycles. The molecule has 0 amide bonds. The van der Waals surface area contributed by atoms with Crippen molar-refractivity contribution < 1.29 is 8.78 Å². The largest absolute Gasteiger partial charge is 0.397 e. The lowest BCUT2D eigenvalue weighted by molar-refractivity contribution is 0.581. The SMILES string of the molecule is Nc1ccc(Cl)cc1Nc1cc(Br)c(F)cc1F. The van der Waals surface area contributed by atoms with Gasteiger partial charge in [-0.25, -0.2) is 8.78 Å². The Labute approximate surface area is 116 Å². The van der Waals surface area contributed by atoms with Crippen LogP contribution in [0.2, 0.25) is 5.02 Å². The number of anilines is 3. The molecular weight excluding hydrogens is 325 g/mol. The smallest absolute Gasteiger partial charge is 0.149 e. The summed E-state index contributed by atoms with van der Waals surface area (Å²) >= 11 is 8.81. The second-order valence-corrected chi connectivity index (χ2v) is 4.89. The number of rotatable bonds is 2. The van der Waals surface area contributed by atoms with Crippen molar-refractivity contribution in [3.8, 4) is 0 Å². The predicted octanol–water partition coefficient (Wildman–Crippen LogP) is 4.71. The Hall–Kier alpha value is -1.33. The minimum atomic E-state index is -0.713. The molecular formula is C12H8BrClF2N2. The summed E-state index contributed by atoms with van der Waals surface area (Å²) in [4.78, 5) is 0. The number of hydrogen-bond acceptors (Lipinski definition) is 2. The highest BCUT2D eigenvalue weighted by atomic mass is 79.9. The van der Waals surface area contributed by atoms with Crippen molar-refractivity contribution in [1.29, 1.82) is 0 Å². The molecule has 6 heteroatoms. The Bertz CT molecular complexity index is 605. The summed E-state index contributed by atoms with van der Waals surface area (Å²) in [5.74, 6) is -1.38. The zero-order valence-corrected chi connectivity index (χ0v) is 11.3. The number of nitrogens with two attached hydrogens (primary N) is 1. The minimum absolute atomic E-state index is 0.109. The van der Waals surface area contributed by atoms with Gasteiger partial charge in [0.1, 0.15) is 11.6 Å². The van der Waals surface area contributed by atoms with E-state index in [0.29, 0.717) is 16.4 Å². The van der Waals surface area contributed by atoms with Crippen LogP contribution in [0.5, 0.6) is 0 Å². The van der Waals surface area contributed by atoms with Gasteiger partial charge in [-0.15, -0.1) is 0 Å². The van der Waals surface area contributed by atoms with Crippen molar-refractivity contribution in [2.24, 2.45) is 0 Å². The zero-order valence-electron chi connectivity index (χ0n) is 8.98. The second kappa shape index (κ2) is 5.12. The van der Waals surface area contributed by atoms with Crippen molar-refractivity contribution >= 4 is 44.6 Å². The molecule has 0 bridgehead atoms. The molecule has 0 radical (unpaired) electrons. The molecule has 18 heavy (non-hydrogen) atoms. The molecule has 2 aromatic rings. The molecule has 94 valence electrons. The van der Waals surface area contributed by atoms with E-state index in [1.165, 1.54) is 6.07 Å². The second-order valence-electron chi connectivity index (χ2n) is 3.60. The molecule has 0 fully saturated rings. The Morgan fingerprint density at radius 2 is 1.78 bits per heavy atom. The van der Waals surface area contributed by atoms with Crippen molar-refractivity contribution in [3.63, 3.8) is 0 Å². The fourth-order valence-electron chi connectivity index (χ4n) is 1.40. The summed E-state index contributed by atoms with van der Waals surface area (Å²) < 4.78 is 26.8. The average Bonchev–Trinajstić information content (AvgIpc) is 2.30. The standard InChI is InChI=1S/C12H8BrClF2N2/c13-7-4-11(9(16)5-8(7)15)18-12-3-6(14)1-2-10(12)17/h1-5,18H,17H2. The van der Waals surface area contributed by atoms with E-state index in [9.17, 15) is 8.78 Å². The van der Waals surface area contributed by atoms with Crippen molar-refractivity contribution in [1.82, 2.24) is 0 Å². The highest BCUT2D eigenvalue weighted by molar-refractivity contribution is 9.10. The molecule has 2 nitrogen and oxygen atoms in total. The first kappa shape index (κ1) is 13.1. The summed E-state index contributed by atoms with van der Waals surface area (Å²) in [5.41, 5.74) is 6.71. The van der Waals surface area contributed by atoms with E-state index in [1.54, 1.807) is 18.2 Å². The molecule has 3 N–H and O–H groups in total. The maximum atomic E-state index is 13.6. The van der Waals surface area contributed by atoms with Gasteiger partial charge in [-0.1, -0.05) is 11.6 Å². The van der Waals surface area contributed by atoms with Crippen LogP contribution in [0, 0.1) is 11.6 Å². The van der Waals surface area contributed by atoms with Crippen LogP contribution in [-0.4, -0.2) is 0 Å². The van der Waals surface area contributed by atoms with Crippen LogP contribution in [0.3, 0.4) is 0 Å². The maximum absolute atomic E-state index is 13.6. The van der Waals surface area contributed by atoms with Crippen LogP contribution in [0.15, 0.2) is 34.8 Å². The highest BCUT2D eigenvalue weighted by Gasteiger charge is 2.09. The first-order chi connectivity index (χ1) is 8.47. The van der Waals surface area contributed by atoms with Crippen LogP contribution < -0.4 is 11.1 Å². The van der Waals surface area contributed by atoms with Crippen molar-refractivity contribution in [2.45, 2.75) is 0 Å². The molecule has 0 spiro atoms. The monoisotopic (exact) mass is 332 g/mol. The number of nitrogens with one attached hydrogen (secondary N) is 1. The Morgan fingerprint density at radius 3 is 2.50 bits per heavy atom. The Kier molecular flexibility index (Phi) is 3.73. The van der Waals surface area contributed by atoms with E-state index in [0.717, 1.165) is 6.07 Å². The first-order valence-corrected chi connectivity index (χ1v) is 6.11. The summed E-state index contributed by atoms with van der Waals surface area (Å²) in [7, 11) is 0. The summed E-state index contributed by atoms with van der Waals surface area (Å²) in [6, 6.07) is 6.87. The molecule has 0 aliphatic rings. The third kappa shape index (κ3) is 2.73. The van der Waals surface area contributed by atoms with Gasteiger partial charge in [-0.05, 0) is 40.2 Å². The number of halogens is 4. The van der Waals surface area contributed by atoms with Crippen molar-refractivity contribution in [2.75, 3.05) is 11.1 Å². The molecule has 0 atom stereocenters. The summed E-state index contributed by atoms with van der Waals surface area (Å²) in [5, 5.41) is 3.23. The lowest BCUT2D eigenvalue weighted by Crippen LogP contribution is -1.99. The molecule has 0 aliphatic carbocycles. The molecule has 0 unspecified atom stereocenters. The van der Waals surface area contributed by atoms with Crippen LogP contribution in [-0.2, 0) is 0 Å². The third-order valence-corrected chi connectivity index (χ3v) is 3.14. The van der Waals surface area contributed by atoms with E-state index < -0.39 is 11.6 Å². The van der Waals surface area contributed by atoms with Gasteiger partial charge >= 0.3 is 0 Å². The van der Waals surface area contributed by atoms with Gasteiger partial charge in [0.05, 0.1) is 21.5 Å². The van der Waals surface area contributed by atoms with E-state index in [1.807, 2.05) is 0 Å². The van der Waals surface area contributed by atoms with Gasteiger partial charge in [0.15, 0.2) is 0 Å². The van der Waals surface area contributed by atoms with Crippen LogP contribution in [0.1, 0.15) is 0 Å². The van der Waals surface area contributed by atoms with Gasteiger partial charge in [-0.2, -0.15) is 0 Å². The van der Waals surface area contributed by atoms with E-state index in [-0.39, 0.29) is 10.2 Å². The minimum Gasteiger partial charge on any atom is -0.397 e. The molecule has 2 rings (SSSR count). The fourth-order valence-corrected chi connectivity index (χ4v) is 1.92. The molecule has 0 heterocycles. The predicted molar refractivity (Wildman–Crippen MR) is 73.2 cm³/mol. The first-order valence-electron chi connectivity index (χ1n) is 4.94. The molecule has 0 aromatic heterocycles. The Balaban J connectivity index is 2.40. The van der Waals surface area contributed by atoms with Crippen LogP contribution >= 0.6 is 27.5 Å². The van der Waals surface area contributed by atoms with Gasteiger partial charge in [0.2, 0.25) is 0 Å². The van der Waals surface area contributed by atoms with Gasteiger partial charge in [0, 0.05) is 11.1 Å². The fraction of sp³-hybridized carbons (Fsp3) is 0. The highest BCUT2D eigenvalue weighted by Crippen LogP contribution is 2.30. The average molecular weight is 334 g/mol. The van der Waals surface area contributed by atoms with E-state index in [2.05, 4.69) is 21.2 Å². The number of benzene rings is 2. The van der Waals surface area contributed by atoms with Gasteiger partial charge in [-0.3, -0.25) is 0 Å². The third-order valence-electron chi connectivity index (χ3n) is 2.29. The number of nitrogen functional groups attached to an aromatic ring is 1. The molecule has 2 aromatic carbocycles. The van der Waals surface area contributed by atoms with E-state index in [4.69, 9.17) is 17.3 Å². The van der Waals surface area contributed by atoms with E-state index >= 15 is 0 Å². The quantitative estimate of drug-likeness (QED) is 0.617. The van der Waals surface area contributed by atoms with Crippen LogP contribution in [0.4, 0.5) is 25.8 Å². The molecule has 0 saturated heterocycles. The summed E-state index contributed by atoms with van der Waals surface area (Å²) in [6.07, 6.45) is 0. The summed E-state index contributed by atoms with van der Waals surface area (Å²) in [6.45, 7) is 0. The Morgan fingerprint density at radius 1 is 1.06 bits per heavy atom. The normalized spacial score (nSPS) is 10.4. The van der Waals surface area contributed by atoms with Crippen molar-refractivity contribution in [3.05, 3.63) is 51.5 Å². The maximum Gasteiger partial charge on any atom is 0.149 e. The van der Waals surface area contributed by atoms with Gasteiger partial charge < -0.3 is 11.1 Å².